The lowest BCUT2D eigenvalue weighted by Crippen LogP contribution is -2.42. The van der Waals surface area contributed by atoms with Crippen molar-refractivity contribution in [2.24, 2.45) is 0 Å². The first-order valence-corrected chi connectivity index (χ1v) is 8.49. The molecule has 1 aliphatic heterocycles. The summed E-state index contributed by atoms with van der Waals surface area (Å²) in [7, 11) is -3.48. The van der Waals surface area contributed by atoms with E-state index in [1.165, 1.54) is 4.31 Å². The van der Waals surface area contributed by atoms with Gasteiger partial charge in [-0.15, -0.1) is 0 Å². The zero-order valence-electron chi connectivity index (χ0n) is 11.6. The molecule has 110 valence electrons. The highest BCUT2D eigenvalue weighted by Gasteiger charge is 2.27. The first kappa shape index (κ1) is 15.4. The van der Waals surface area contributed by atoms with Gasteiger partial charge in [-0.1, -0.05) is 37.1 Å². The van der Waals surface area contributed by atoms with Crippen LogP contribution in [0.3, 0.4) is 0 Å². The number of nitrogens with zero attached hydrogens (tertiary/aromatic N) is 1. The standard InChI is InChI=1S/C14H19ClN2O2S/c1-3-4-8-17-9-7-14(16-20(17,18)19)12-6-5-11(2)10-13(12)15/h5-7,9-10,14,16H,3-4,8H2,1-2H3. The molecule has 1 aromatic carbocycles. The van der Waals surface area contributed by atoms with Gasteiger partial charge >= 0.3 is 10.2 Å². The van der Waals surface area contributed by atoms with E-state index in [1.807, 2.05) is 38.1 Å². The van der Waals surface area contributed by atoms with Crippen LogP contribution in [0.4, 0.5) is 0 Å². The quantitative estimate of drug-likeness (QED) is 0.928. The lowest BCUT2D eigenvalue weighted by molar-refractivity contribution is 0.457. The summed E-state index contributed by atoms with van der Waals surface area (Å²) in [5, 5.41) is 0.573. The molecule has 2 rings (SSSR count). The third-order valence-corrected chi connectivity index (χ3v) is 5.05. The van der Waals surface area contributed by atoms with E-state index in [0.717, 1.165) is 24.0 Å². The van der Waals surface area contributed by atoms with Crippen molar-refractivity contribution < 1.29 is 8.42 Å². The molecule has 0 radical (unpaired) electrons. The minimum absolute atomic E-state index is 0.411. The number of rotatable bonds is 4. The van der Waals surface area contributed by atoms with Crippen LogP contribution in [0.2, 0.25) is 5.02 Å². The molecule has 0 aliphatic carbocycles. The summed E-state index contributed by atoms with van der Waals surface area (Å²) in [5.74, 6) is 0. The summed E-state index contributed by atoms with van der Waals surface area (Å²) in [4.78, 5) is 0. The van der Waals surface area contributed by atoms with E-state index in [2.05, 4.69) is 4.72 Å². The van der Waals surface area contributed by atoms with Gasteiger partial charge in [-0.2, -0.15) is 13.1 Å². The molecule has 0 fully saturated rings. The van der Waals surface area contributed by atoms with Crippen molar-refractivity contribution >= 4 is 21.8 Å². The lowest BCUT2D eigenvalue weighted by atomic mass is 10.1. The highest BCUT2D eigenvalue weighted by molar-refractivity contribution is 7.87. The van der Waals surface area contributed by atoms with E-state index in [1.54, 1.807) is 6.20 Å². The molecule has 1 aromatic rings. The van der Waals surface area contributed by atoms with Gasteiger partial charge in [-0.25, -0.2) is 0 Å². The van der Waals surface area contributed by atoms with Gasteiger partial charge in [-0.3, -0.25) is 4.31 Å². The van der Waals surface area contributed by atoms with Crippen molar-refractivity contribution in [1.82, 2.24) is 9.03 Å². The van der Waals surface area contributed by atoms with Gasteiger partial charge in [0.15, 0.2) is 0 Å². The van der Waals surface area contributed by atoms with E-state index < -0.39 is 16.3 Å². The molecule has 1 unspecified atom stereocenters. The number of nitrogens with one attached hydrogen (secondary N) is 1. The molecule has 1 heterocycles. The highest BCUT2D eigenvalue weighted by Crippen LogP contribution is 2.28. The average Bonchev–Trinajstić information content (AvgIpc) is 2.36. The van der Waals surface area contributed by atoms with E-state index >= 15 is 0 Å². The van der Waals surface area contributed by atoms with Crippen LogP contribution in [0.1, 0.15) is 36.9 Å². The van der Waals surface area contributed by atoms with Crippen molar-refractivity contribution in [3.8, 4) is 0 Å². The summed E-state index contributed by atoms with van der Waals surface area (Å²) in [6.07, 6.45) is 5.24. The topological polar surface area (TPSA) is 49.4 Å². The Morgan fingerprint density at radius 2 is 2.15 bits per heavy atom. The molecule has 0 spiro atoms. The second-order valence-electron chi connectivity index (χ2n) is 4.93. The van der Waals surface area contributed by atoms with Crippen molar-refractivity contribution in [2.75, 3.05) is 6.54 Å². The Kier molecular flexibility index (Phi) is 4.73. The van der Waals surface area contributed by atoms with E-state index in [0.29, 0.717) is 11.6 Å². The van der Waals surface area contributed by atoms with E-state index in [4.69, 9.17) is 11.6 Å². The Morgan fingerprint density at radius 3 is 2.75 bits per heavy atom. The van der Waals surface area contributed by atoms with Crippen LogP contribution in [0.15, 0.2) is 30.5 Å². The molecule has 1 aliphatic rings. The lowest BCUT2D eigenvalue weighted by Gasteiger charge is -2.29. The van der Waals surface area contributed by atoms with Gasteiger partial charge in [0.2, 0.25) is 0 Å². The second kappa shape index (κ2) is 6.16. The number of hydrogen-bond donors (Lipinski definition) is 1. The van der Waals surface area contributed by atoms with E-state index in [9.17, 15) is 8.42 Å². The summed E-state index contributed by atoms with van der Waals surface area (Å²) < 4.78 is 28.3. The molecule has 0 amide bonds. The third kappa shape index (κ3) is 3.34. The molecule has 20 heavy (non-hydrogen) atoms. The van der Waals surface area contributed by atoms with Crippen LogP contribution < -0.4 is 4.72 Å². The summed E-state index contributed by atoms with van der Waals surface area (Å²) in [5.41, 5.74) is 1.82. The molecule has 6 heteroatoms. The molecule has 0 aromatic heterocycles. The van der Waals surface area contributed by atoms with Crippen molar-refractivity contribution in [2.45, 2.75) is 32.7 Å². The normalized spacial score (nSPS) is 21.1. The Labute approximate surface area is 125 Å². The predicted octanol–water partition coefficient (Wildman–Crippen LogP) is 3.15. The fourth-order valence-corrected chi connectivity index (χ4v) is 3.70. The molecular formula is C14H19ClN2O2S. The SMILES string of the molecule is CCCCN1C=CC(c2ccc(C)cc2Cl)NS1(=O)=O. The van der Waals surface area contributed by atoms with Crippen LogP contribution in [0, 0.1) is 6.92 Å². The Bertz CT molecular complexity index is 614. The molecule has 4 nitrogen and oxygen atoms in total. The molecular weight excluding hydrogens is 296 g/mol. The first-order valence-electron chi connectivity index (χ1n) is 6.67. The number of hydrogen-bond acceptors (Lipinski definition) is 2. The zero-order valence-corrected chi connectivity index (χ0v) is 13.2. The first-order chi connectivity index (χ1) is 9.44. The Balaban J connectivity index is 2.25. The Morgan fingerprint density at radius 1 is 1.40 bits per heavy atom. The number of aryl methyl sites for hydroxylation is 1. The summed E-state index contributed by atoms with van der Waals surface area (Å²) in [6.45, 7) is 4.47. The van der Waals surface area contributed by atoms with Gasteiger partial charge in [-0.05, 0) is 36.6 Å². The van der Waals surface area contributed by atoms with Crippen molar-refractivity contribution in [3.63, 3.8) is 0 Å². The highest BCUT2D eigenvalue weighted by atomic mass is 35.5. The summed E-state index contributed by atoms with van der Waals surface area (Å²) in [6, 6.07) is 5.21. The molecule has 0 saturated carbocycles. The maximum absolute atomic E-state index is 12.2. The second-order valence-corrected chi connectivity index (χ2v) is 6.99. The van der Waals surface area contributed by atoms with Gasteiger partial charge in [0.1, 0.15) is 0 Å². The van der Waals surface area contributed by atoms with Gasteiger partial charge in [0.25, 0.3) is 0 Å². The third-order valence-electron chi connectivity index (χ3n) is 3.25. The smallest absolute Gasteiger partial charge is 0.265 e. The largest absolute Gasteiger partial charge is 0.301 e. The van der Waals surface area contributed by atoms with Crippen molar-refractivity contribution in [1.29, 1.82) is 0 Å². The molecule has 1 N–H and O–H groups in total. The molecule has 0 saturated heterocycles. The van der Waals surface area contributed by atoms with Crippen LogP contribution in [-0.2, 0) is 10.2 Å². The maximum atomic E-state index is 12.2. The van der Waals surface area contributed by atoms with Crippen LogP contribution in [-0.4, -0.2) is 19.3 Å². The molecule has 1 atom stereocenters. The van der Waals surface area contributed by atoms with Gasteiger partial charge in [0, 0.05) is 17.8 Å². The zero-order chi connectivity index (χ0) is 14.8. The fraction of sp³-hybridized carbons (Fsp3) is 0.429. The number of halogens is 1. The predicted molar refractivity (Wildman–Crippen MR) is 81.7 cm³/mol. The monoisotopic (exact) mass is 314 g/mol. The average molecular weight is 315 g/mol. The van der Waals surface area contributed by atoms with Crippen LogP contribution in [0.25, 0.3) is 0 Å². The fourth-order valence-electron chi connectivity index (χ4n) is 2.09. The van der Waals surface area contributed by atoms with Crippen molar-refractivity contribution in [3.05, 3.63) is 46.6 Å². The van der Waals surface area contributed by atoms with Crippen LogP contribution >= 0.6 is 11.6 Å². The minimum atomic E-state index is -3.48. The van der Waals surface area contributed by atoms with E-state index in [-0.39, 0.29) is 0 Å². The van der Waals surface area contributed by atoms with Crippen LogP contribution in [0.5, 0.6) is 0 Å². The van der Waals surface area contributed by atoms with Gasteiger partial charge in [0.05, 0.1) is 6.04 Å². The molecule has 0 bridgehead atoms. The number of benzene rings is 1. The Hall–Kier alpha value is -1.04. The van der Waals surface area contributed by atoms with Gasteiger partial charge < -0.3 is 0 Å². The summed E-state index contributed by atoms with van der Waals surface area (Å²) >= 11 is 6.19. The minimum Gasteiger partial charge on any atom is -0.265 e. The maximum Gasteiger partial charge on any atom is 0.301 e. The number of unbranched alkanes of at least 4 members (excludes halogenated alkanes) is 1.